The van der Waals surface area contributed by atoms with Gasteiger partial charge in [-0.1, -0.05) is 0 Å². The molecule has 0 fully saturated rings. The van der Waals surface area contributed by atoms with Gasteiger partial charge in [-0.3, -0.25) is 9.69 Å². The van der Waals surface area contributed by atoms with E-state index in [4.69, 9.17) is 10.00 Å². The van der Waals surface area contributed by atoms with E-state index in [-0.39, 0.29) is 5.91 Å². The summed E-state index contributed by atoms with van der Waals surface area (Å²) in [6, 6.07) is 3.57. The molecule has 1 aromatic rings. The normalized spacial score (nSPS) is 13.7. The molecular formula is C10H9N3O2. The Labute approximate surface area is 86.9 Å². The first kappa shape index (κ1) is 9.46. The first-order valence-electron chi connectivity index (χ1n) is 4.53. The summed E-state index contributed by atoms with van der Waals surface area (Å²) in [5.41, 5.74) is 0.430. The van der Waals surface area contributed by atoms with Crippen molar-refractivity contribution in [1.82, 2.24) is 4.98 Å². The molecule has 0 N–H and O–H groups in total. The van der Waals surface area contributed by atoms with E-state index in [2.05, 4.69) is 4.98 Å². The number of rotatable bonds is 0. The maximum absolute atomic E-state index is 11.3. The molecule has 15 heavy (non-hydrogen) atoms. The smallest absolute Gasteiger partial charge is 0.225 e. The summed E-state index contributed by atoms with van der Waals surface area (Å²) in [4.78, 5) is 16.9. The number of carbonyl (C=O) groups excluding carboxylic acids is 1. The molecule has 1 amide bonds. The Bertz CT molecular complexity index is 450. The van der Waals surface area contributed by atoms with E-state index in [1.54, 1.807) is 11.0 Å². The maximum atomic E-state index is 11.3. The van der Waals surface area contributed by atoms with Crippen LogP contribution in [-0.2, 0) is 4.79 Å². The predicted molar refractivity (Wildman–Crippen MR) is 52.5 cm³/mol. The van der Waals surface area contributed by atoms with Crippen molar-refractivity contribution in [3.05, 3.63) is 17.8 Å². The van der Waals surface area contributed by atoms with Gasteiger partial charge in [-0.15, -0.1) is 0 Å². The minimum Gasteiger partial charge on any atom is -0.488 e. The van der Waals surface area contributed by atoms with Gasteiger partial charge >= 0.3 is 0 Å². The Morgan fingerprint density at radius 2 is 2.53 bits per heavy atom. The van der Waals surface area contributed by atoms with E-state index in [0.29, 0.717) is 30.3 Å². The number of nitrogens with zero attached hydrogens (tertiary/aromatic N) is 3. The minimum absolute atomic E-state index is 0.0724. The third-order valence-electron chi connectivity index (χ3n) is 2.17. The zero-order chi connectivity index (χ0) is 10.8. The number of ether oxygens (including phenoxy) is 1. The number of nitriles is 1. The van der Waals surface area contributed by atoms with Gasteiger partial charge in [0, 0.05) is 19.2 Å². The van der Waals surface area contributed by atoms with Crippen LogP contribution in [0.15, 0.2) is 12.3 Å². The molecular weight excluding hydrogens is 194 g/mol. The molecule has 0 spiro atoms. The van der Waals surface area contributed by atoms with Crippen LogP contribution in [0.1, 0.15) is 12.5 Å². The van der Waals surface area contributed by atoms with Crippen LogP contribution >= 0.6 is 0 Å². The van der Waals surface area contributed by atoms with Crippen molar-refractivity contribution < 1.29 is 9.53 Å². The van der Waals surface area contributed by atoms with E-state index in [1.807, 2.05) is 6.07 Å². The highest BCUT2D eigenvalue weighted by Crippen LogP contribution is 2.29. The van der Waals surface area contributed by atoms with Gasteiger partial charge in [0.1, 0.15) is 12.7 Å². The molecule has 0 radical (unpaired) electrons. The summed E-state index contributed by atoms with van der Waals surface area (Å²) >= 11 is 0. The molecule has 0 aliphatic carbocycles. The minimum atomic E-state index is -0.0724. The van der Waals surface area contributed by atoms with Crippen molar-refractivity contribution >= 4 is 11.7 Å². The Kier molecular flexibility index (Phi) is 2.26. The van der Waals surface area contributed by atoms with E-state index >= 15 is 0 Å². The molecule has 1 aliphatic rings. The van der Waals surface area contributed by atoms with Crippen LogP contribution in [0.4, 0.5) is 5.82 Å². The third-order valence-corrected chi connectivity index (χ3v) is 2.17. The lowest BCUT2D eigenvalue weighted by Crippen LogP contribution is -2.37. The Hall–Kier alpha value is -2.09. The second-order valence-corrected chi connectivity index (χ2v) is 3.18. The van der Waals surface area contributed by atoms with Gasteiger partial charge in [0.25, 0.3) is 0 Å². The highest BCUT2D eigenvalue weighted by atomic mass is 16.5. The average molecular weight is 203 g/mol. The molecule has 0 aromatic carbocycles. The number of anilines is 1. The molecule has 1 aliphatic heterocycles. The fraction of sp³-hybridized carbons (Fsp3) is 0.300. The van der Waals surface area contributed by atoms with Crippen molar-refractivity contribution in [2.24, 2.45) is 0 Å². The van der Waals surface area contributed by atoms with Crippen LogP contribution < -0.4 is 9.64 Å². The average Bonchev–Trinajstić information content (AvgIpc) is 2.27. The fourth-order valence-electron chi connectivity index (χ4n) is 1.47. The topological polar surface area (TPSA) is 66.2 Å². The van der Waals surface area contributed by atoms with E-state index in [1.165, 1.54) is 13.1 Å². The number of aromatic nitrogens is 1. The molecule has 1 aromatic heterocycles. The zero-order valence-corrected chi connectivity index (χ0v) is 8.23. The van der Waals surface area contributed by atoms with Crippen LogP contribution in [-0.4, -0.2) is 24.0 Å². The van der Waals surface area contributed by atoms with E-state index in [9.17, 15) is 4.79 Å². The van der Waals surface area contributed by atoms with Gasteiger partial charge in [-0.25, -0.2) is 4.98 Å². The maximum Gasteiger partial charge on any atom is 0.225 e. The first-order chi connectivity index (χ1) is 7.22. The molecule has 5 nitrogen and oxygen atoms in total. The Morgan fingerprint density at radius 1 is 1.73 bits per heavy atom. The number of amides is 1. The SMILES string of the molecule is CC(=O)N1CCOc2cc(C#N)cnc21. The molecule has 2 heterocycles. The van der Waals surface area contributed by atoms with Gasteiger partial charge in [-0.05, 0) is 0 Å². The van der Waals surface area contributed by atoms with Crippen molar-refractivity contribution in [2.45, 2.75) is 6.92 Å². The summed E-state index contributed by atoms with van der Waals surface area (Å²) in [5.74, 6) is 0.917. The predicted octanol–water partition coefficient (Wildman–Crippen LogP) is 0.699. The molecule has 5 heteroatoms. The largest absolute Gasteiger partial charge is 0.488 e. The van der Waals surface area contributed by atoms with Crippen molar-refractivity contribution in [2.75, 3.05) is 18.1 Å². The van der Waals surface area contributed by atoms with Crippen molar-refractivity contribution in [3.8, 4) is 11.8 Å². The Morgan fingerprint density at radius 3 is 3.20 bits per heavy atom. The number of fused-ring (bicyclic) bond motifs is 1. The van der Waals surface area contributed by atoms with Gasteiger partial charge in [0.05, 0.1) is 12.1 Å². The highest BCUT2D eigenvalue weighted by Gasteiger charge is 2.22. The van der Waals surface area contributed by atoms with Gasteiger partial charge in [0.15, 0.2) is 11.6 Å². The lowest BCUT2D eigenvalue weighted by molar-refractivity contribution is -0.116. The monoisotopic (exact) mass is 203 g/mol. The molecule has 0 saturated heterocycles. The second kappa shape index (κ2) is 3.58. The molecule has 0 unspecified atom stereocenters. The molecule has 0 bridgehead atoms. The zero-order valence-electron chi connectivity index (χ0n) is 8.23. The summed E-state index contributed by atoms with van der Waals surface area (Å²) in [5, 5.41) is 8.69. The number of hydrogen-bond donors (Lipinski definition) is 0. The van der Waals surface area contributed by atoms with Crippen LogP contribution in [0.25, 0.3) is 0 Å². The van der Waals surface area contributed by atoms with E-state index < -0.39 is 0 Å². The molecule has 2 rings (SSSR count). The van der Waals surface area contributed by atoms with Gasteiger partial charge in [-0.2, -0.15) is 5.26 Å². The van der Waals surface area contributed by atoms with Crippen LogP contribution in [0.2, 0.25) is 0 Å². The summed E-state index contributed by atoms with van der Waals surface area (Å²) in [6.07, 6.45) is 1.43. The highest BCUT2D eigenvalue weighted by molar-refractivity contribution is 5.92. The molecule has 0 saturated carbocycles. The standard InChI is InChI=1S/C10H9N3O2/c1-7(14)13-2-3-15-9-4-8(5-11)6-12-10(9)13/h4,6H,2-3H2,1H3. The number of hydrogen-bond acceptors (Lipinski definition) is 4. The van der Waals surface area contributed by atoms with Crippen LogP contribution in [0.5, 0.6) is 5.75 Å². The number of carbonyl (C=O) groups is 1. The first-order valence-corrected chi connectivity index (χ1v) is 4.53. The van der Waals surface area contributed by atoms with Gasteiger partial charge in [0.2, 0.25) is 5.91 Å². The lowest BCUT2D eigenvalue weighted by atomic mass is 10.2. The second-order valence-electron chi connectivity index (χ2n) is 3.18. The number of pyridine rings is 1. The van der Waals surface area contributed by atoms with E-state index in [0.717, 1.165) is 0 Å². The third kappa shape index (κ3) is 1.62. The van der Waals surface area contributed by atoms with Crippen LogP contribution in [0, 0.1) is 11.3 Å². The van der Waals surface area contributed by atoms with Gasteiger partial charge < -0.3 is 4.74 Å². The molecule has 0 atom stereocenters. The van der Waals surface area contributed by atoms with Crippen molar-refractivity contribution in [1.29, 1.82) is 5.26 Å². The summed E-state index contributed by atoms with van der Waals surface area (Å²) in [7, 11) is 0. The Balaban J connectivity index is 2.46. The molecule has 76 valence electrons. The fourth-order valence-corrected chi connectivity index (χ4v) is 1.47. The summed E-state index contributed by atoms with van der Waals surface area (Å²) in [6.45, 7) is 2.42. The van der Waals surface area contributed by atoms with Crippen molar-refractivity contribution in [3.63, 3.8) is 0 Å². The summed E-state index contributed by atoms with van der Waals surface area (Å²) < 4.78 is 5.34. The quantitative estimate of drug-likeness (QED) is 0.622. The van der Waals surface area contributed by atoms with Crippen LogP contribution in [0.3, 0.4) is 0 Å². The lowest BCUT2D eigenvalue weighted by Gasteiger charge is -2.27.